The molecule has 2 rings (SSSR count). The number of likely N-dealkylation sites (tertiary alicyclic amines) is 1. The molecule has 1 fully saturated rings. The van der Waals surface area contributed by atoms with Crippen LogP contribution in [-0.2, 0) is 21.2 Å². The Balaban J connectivity index is 2.04. The molecule has 0 N–H and O–H groups in total. The van der Waals surface area contributed by atoms with E-state index in [0.29, 0.717) is 6.42 Å². The normalized spacial score (nSPS) is 16.2. The Morgan fingerprint density at radius 3 is 2.19 bits per heavy atom. The number of piperidine rings is 1. The smallest absolute Gasteiger partial charge is 0.242 e. The van der Waals surface area contributed by atoms with E-state index < -0.39 is 10.0 Å². The number of carbonyl (C=O) groups is 1. The molecule has 5 nitrogen and oxygen atoms in total. The van der Waals surface area contributed by atoms with E-state index in [4.69, 9.17) is 0 Å². The number of hydrogen-bond acceptors (Lipinski definition) is 3. The first-order valence-electron chi connectivity index (χ1n) is 7.20. The maximum Gasteiger partial charge on any atom is 0.242 e. The van der Waals surface area contributed by atoms with Gasteiger partial charge in [-0.1, -0.05) is 12.1 Å². The van der Waals surface area contributed by atoms with E-state index in [0.717, 1.165) is 31.5 Å². The van der Waals surface area contributed by atoms with Gasteiger partial charge < -0.3 is 4.90 Å². The summed E-state index contributed by atoms with van der Waals surface area (Å²) >= 11 is 0. The third-order valence-electron chi connectivity index (χ3n) is 3.77. The fourth-order valence-electron chi connectivity index (χ4n) is 2.42. The van der Waals surface area contributed by atoms with Crippen molar-refractivity contribution in [1.82, 2.24) is 9.21 Å². The lowest BCUT2D eigenvalue weighted by Crippen LogP contribution is -2.36. The van der Waals surface area contributed by atoms with Gasteiger partial charge in [-0.2, -0.15) is 0 Å². The SMILES string of the molecule is CN(C)S(=O)(=O)c1ccc(CC(=O)N2CCCCC2)cc1. The van der Waals surface area contributed by atoms with Crippen molar-refractivity contribution < 1.29 is 13.2 Å². The van der Waals surface area contributed by atoms with Crippen molar-refractivity contribution in [2.75, 3.05) is 27.2 Å². The second kappa shape index (κ2) is 6.58. The zero-order valence-corrected chi connectivity index (χ0v) is 13.4. The highest BCUT2D eigenvalue weighted by molar-refractivity contribution is 7.89. The molecule has 0 radical (unpaired) electrons. The van der Waals surface area contributed by atoms with Crippen molar-refractivity contribution in [3.8, 4) is 0 Å². The van der Waals surface area contributed by atoms with Gasteiger partial charge in [-0.15, -0.1) is 0 Å². The fourth-order valence-corrected chi connectivity index (χ4v) is 3.32. The van der Waals surface area contributed by atoms with Crippen LogP contribution in [0.4, 0.5) is 0 Å². The van der Waals surface area contributed by atoms with Gasteiger partial charge in [0.2, 0.25) is 15.9 Å². The molecule has 1 saturated heterocycles. The van der Waals surface area contributed by atoms with Gasteiger partial charge in [-0.25, -0.2) is 12.7 Å². The molecule has 0 atom stereocenters. The second-order valence-electron chi connectivity index (χ2n) is 5.55. The van der Waals surface area contributed by atoms with Crippen molar-refractivity contribution in [2.45, 2.75) is 30.6 Å². The van der Waals surface area contributed by atoms with Crippen molar-refractivity contribution in [2.24, 2.45) is 0 Å². The molecule has 1 amide bonds. The number of hydrogen-bond donors (Lipinski definition) is 0. The summed E-state index contributed by atoms with van der Waals surface area (Å²) in [5.41, 5.74) is 0.850. The molecule has 1 aromatic rings. The Labute approximate surface area is 126 Å². The first-order valence-corrected chi connectivity index (χ1v) is 8.64. The highest BCUT2D eigenvalue weighted by Crippen LogP contribution is 2.16. The van der Waals surface area contributed by atoms with Gasteiger partial charge in [0.15, 0.2) is 0 Å². The average Bonchev–Trinajstić information content (AvgIpc) is 2.48. The number of amides is 1. The minimum Gasteiger partial charge on any atom is -0.342 e. The first-order chi connectivity index (χ1) is 9.91. The van der Waals surface area contributed by atoms with E-state index in [9.17, 15) is 13.2 Å². The monoisotopic (exact) mass is 310 g/mol. The van der Waals surface area contributed by atoms with E-state index in [1.807, 2.05) is 4.90 Å². The van der Waals surface area contributed by atoms with Crippen LogP contribution >= 0.6 is 0 Å². The largest absolute Gasteiger partial charge is 0.342 e. The van der Waals surface area contributed by atoms with E-state index in [2.05, 4.69) is 0 Å². The van der Waals surface area contributed by atoms with Gasteiger partial charge in [0, 0.05) is 27.2 Å². The zero-order valence-electron chi connectivity index (χ0n) is 12.6. The van der Waals surface area contributed by atoms with Gasteiger partial charge in [0.1, 0.15) is 0 Å². The number of benzene rings is 1. The lowest BCUT2D eigenvalue weighted by atomic mass is 10.1. The fraction of sp³-hybridized carbons (Fsp3) is 0.533. The summed E-state index contributed by atoms with van der Waals surface area (Å²) in [7, 11) is -0.398. The van der Waals surface area contributed by atoms with Crippen molar-refractivity contribution >= 4 is 15.9 Å². The Bertz CT molecular complexity index is 588. The van der Waals surface area contributed by atoms with Crippen molar-refractivity contribution in [3.63, 3.8) is 0 Å². The molecule has 116 valence electrons. The van der Waals surface area contributed by atoms with Crippen molar-refractivity contribution in [1.29, 1.82) is 0 Å². The third-order valence-corrected chi connectivity index (χ3v) is 5.60. The summed E-state index contributed by atoms with van der Waals surface area (Å²) in [4.78, 5) is 14.3. The Hall–Kier alpha value is -1.40. The van der Waals surface area contributed by atoms with Gasteiger partial charge in [0.25, 0.3) is 0 Å². The topological polar surface area (TPSA) is 57.7 Å². The molecule has 6 heteroatoms. The van der Waals surface area contributed by atoms with Crippen molar-refractivity contribution in [3.05, 3.63) is 29.8 Å². The summed E-state index contributed by atoms with van der Waals surface area (Å²) < 4.78 is 25.1. The van der Waals surface area contributed by atoms with Gasteiger partial charge in [0.05, 0.1) is 11.3 Å². The number of rotatable bonds is 4. The standard InChI is InChI=1S/C15H22N2O3S/c1-16(2)21(19,20)14-8-6-13(7-9-14)12-15(18)17-10-4-3-5-11-17/h6-9H,3-5,10-12H2,1-2H3. The van der Waals surface area contributed by atoms with Crippen LogP contribution in [0.3, 0.4) is 0 Å². The summed E-state index contributed by atoms with van der Waals surface area (Å²) in [6.07, 6.45) is 3.68. The minimum absolute atomic E-state index is 0.123. The molecule has 1 aromatic carbocycles. The molecular formula is C15H22N2O3S. The maximum atomic E-state index is 12.2. The molecule has 21 heavy (non-hydrogen) atoms. The number of carbonyl (C=O) groups excluding carboxylic acids is 1. The molecule has 0 unspecified atom stereocenters. The van der Waals surface area contributed by atoms with Gasteiger partial charge >= 0.3 is 0 Å². The molecule has 0 aliphatic carbocycles. The lowest BCUT2D eigenvalue weighted by Gasteiger charge is -2.26. The van der Waals surface area contributed by atoms with Crippen LogP contribution in [0.25, 0.3) is 0 Å². The molecule has 1 heterocycles. The molecule has 0 bridgehead atoms. The highest BCUT2D eigenvalue weighted by Gasteiger charge is 2.19. The third kappa shape index (κ3) is 3.83. The Morgan fingerprint density at radius 2 is 1.67 bits per heavy atom. The first kappa shape index (κ1) is 16.0. The van der Waals surface area contributed by atoms with Crippen LogP contribution in [0.2, 0.25) is 0 Å². The Kier molecular flexibility index (Phi) is 5.00. The zero-order chi connectivity index (χ0) is 15.5. The van der Waals surface area contributed by atoms with Crippen LogP contribution in [0.15, 0.2) is 29.2 Å². The molecule has 0 spiro atoms. The van der Waals surface area contributed by atoms with E-state index in [-0.39, 0.29) is 10.8 Å². The number of sulfonamides is 1. The van der Waals surface area contributed by atoms with Gasteiger partial charge in [-0.05, 0) is 37.0 Å². The molecule has 1 aliphatic rings. The number of nitrogens with zero attached hydrogens (tertiary/aromatic N) is 2. The van der Waals surface area contributed by atoms with E-state index >= 15 is 0 Å². The van der Waals surface area contributed by atoms with E-state index in [1.54, 1.807) is 24.3 Å². The van der Waals surface area contributed by atoms with Gasteiger partial charge in [-0.3, -0.25) is 4.79 Å². The second-order valence-corrected chi connectivity index (χ2v) is 7.70. The summed E-state index contributed by atoms with van der Waals surface area (Å²) in [5, 5.41) is 0. The molecule has 0 saturated carbocycles. The maximum absolute atomic E-state index is 12.2. The quantitative estimate of drug-likeness (QED) is 0.846. The molecule has 0 aromatic heterocycles. The molecule has 1 aliphatic heterocycles. The highest BCUT2D eigenvalue weighted by atomic mass is 32.2. The average molecular weight is 310 g/mol. The predicted octanol–water partition coefficient (Wildman–Crippen LogP) is 1.49. The predicted molar refractivity (Wildman–Crippen MR) is 81.4 cm³/mol. The molecular weight excluding hydrogens is 288 g/mol. The van der Waals surface area contributed by atoms with Crippen LogP contribution in [0.5, 0.6) is 0 Å². The van der Waals surface area contributed by atoms with Crippen LogP contribution in [0, 0.1) is 0 Å². The minimum atomic E-state index is -3.40. The van der Waals surface area contributed by atoms with Crippen LogP contribution in [0.1, 0.15) is 24.8 Å². The van der Waals surface area contributed by atoms with Crippen LogP contribution in [-0.4, -0.2) is 50.7 Å². The lowest BCUT2D eigenvalue weighted by molar-refractivity contribution is -0.131. The summed E-state index contributed by atoms with van der Waals surface area (Å²) in [6, 6.07) is 6.57. The summed E-state index contributed by atoms with van der Waals surface area (Å²) in [5.74, 6) is 0.123. The van der Waals surface area contributed by atoms with Crippen LogP contribution < -0.4 is 0 Å². The van der Waals surface area contributed by atoms with E-state index in [1.165, 1.54) is 24.8 Å². The summed E-state index contributed by atoms with van der Waals surface area (Å²) in [6.45, 7) is 1.68. The Morgan fingerprint density at radius 1 is 1.10 bits per heavy atom.